The van der Waals surface area contributed by atoms with Gasteiger partial charge in [0.25, 0.3) is 0 Å². The fourth-order valence-electron chi connectivity index (χ4n) is 4.21. The minimum absolute atomic E-state index is 0.0520. The maximum Gasteiger partial charge on any atom is 0.326 e. The second kappa shape index (κ2) is 24.1. The third-order valence-corrected chi connectivity index (χ3v) is 6.52. The molecule has 2 atom stereocenters. The maximum absolute atomic E-state index is 12.1. The lowest BCUT2D eigenvalue weighted by Gasteiger charge is -2.16. The van der Waals surface area contributed by atoms with Crippen molar-refractivity contribution in [1.82, 2.24) is 10.6 Å². The molecule has 0 saturated heterocycles. The van der Waals surface area contributed by atoms with Gasteiger partial charge in [0.2, 0.25) is 11.8 Å². The van der Waals surface area contributed by atoms with Crippen molar-refractivity contribution in [2.45, 2.75) is 141 Å². The predicted octanol–water partition coefficient (Wildman–Crippen LogP) is 4.21. The van der Waals surface area contributed by atoms with E-state index in [4.69, 9.17) is 10.2 Å². The molecule has 0 rings (SSSR count). The van der Waals surface area contributed by atoms with Crippen LogP contribution in [-0.4, -0.2) is 63.4 Å². The first kappa shape index (κ1) is 36.0. The number of carboxylic acids is 3. The summed E-state index contributed by atoms with van der Waals surface area (Å²) in [6.45, 7) is 0. The van der Waals surface area contributed by atoms with Gasteiger partial charge in [-0.25, -0.2) is 4.79 Å². The quantitative estimate of drug-likeness (QED) is 0.0729. The highest BCUT2D eigenvalue weighted by atomic mass is 16.4. The molecule has 0 aliphatic heterocycles. The molecule has 0 radical (unpaired) electrons. The molecular weight excluding hydrogens is 508 g/mol. The van der Waals surface area contributed by atoms with Gasteiger partial charge in [-0.15, -0.1) is 0 Å². The van der Waals surface area contributed by atoms with Gasteiger partial charge in [-0.1, -0.05) is 77.0 Å². The smallest absolute Gasteiger partial charge is 0.326 e. The molecule has 2 unspecified atom stereocenters. The summed E-state index contributed by atoms with van der Waals surface area (Å²) in [5, 5.41) is 31.4. The number of unbranched alkanes of at least 4 members (excludes halogenated alkanes) is 13. The largest absolute Gasteiger partial charge is 0.481 e. The Bertz CT molecular complexity index is 743. The Hall–Kier alpha value is -2.98. The summed E-state index contributed by atoms with van der Waals surface area (Å²) in [6.07, 6.45) is 15.2. The second-order valence-corrected chi connectivity index (χ2v) is 10.1. The molecule has 0 spiro atoms. The summed E-state index contributed by atoms with van der Waals surface area (Å²) in [4.78, 5) is 67.6. The lowest BCUT2D eigenvalue weighted by molar-refractivity contribution is -0.142. The minimum Gasteiger partial charge on any atom is -0.481 e. The first-order valence-electron chi connectivity index (χ1n) is 14.4. The molecule has 224 valence electrons. The van der Waals surface area contributed by atoms with Crippen molar-refractivity contribution in [1.29, 1.82) is 0 Å². The molecule has 0 saturated carbocycles. The van der Waals surface area contributed by atoms with Gasteiger partial charge in [0.05, 0.1) is 6.04 Å². The zero-order valence-corrected chi connectivity index (χ0v) is 23.2. The van der Waals surface area contributed by atoms with Gasteiger partial charge in [-0.2, -0.15) is 0 Å². The van der Waals surface area contributed by atoms with E-state index in [1.54, 1.807) is 0 Å². The molecule has 0 aromatic carbocycles. The van der Waals surface area contributed by atoms with Gasteiger partial charge >= 0.3 is 17.9 Å². The van der Waals surface area contributed by atoms with Gasteiger partial charge in [0.15, 0.2) is 0 Å². The van der Waals surface area contributed by atoms with Gasteiger partial charge in [0.1, 0.15) is 12.3 Å². The van der Waals surface area contributed by atoms with E-state index in [9.17, 15) is 33.9 Å². The van der Waals surface area contributed by atoms with Crippen LogP contribution in [0.3, 0.4) is 0 Å². The topological polar surface area (TPSA) is 187 Å². The van der Waals surface area contributed by atoms with E-state index >= 15 is 0 Å². The van der Waals surface area contributed by atoms with Crippen LogP contribution >= 0.6 is 0 Å². The number of aliphatic carboxylic acids is 3. The molecule has 5 N–H and O–H groups in total. The van der Waals surface area contributed by atoms with Crippen molar-refractivity contribution in [3.8, 4) is 0 Å². The SMILES string of the molecule is O=CC(CCC(=O)O)NC(=O)CCC(NC(=O)CCCCCCCCCCCCCCCCC(=O)O)C(=O)O. The van der Waals surface area contributed by atoms with Crippen molar-refractivity contribution in [3.05, 3.63) is 0 Å². The summed E-state index contributed by atoms with van der Waals surface area (Å²) >= 11 is 0. The predicted molar refractivity (Wildman–Crippen MR) is 145 cm³/mol. The number of carbonyl (C=O) groups is 6. The Balaban J connectivity index is 3.80. The average molecular weight is 557 g/mol. The van der Waals surface area contributed by atoms with Gasteiger partial charge in [0, 0.05) is 25.7 Å². The number of carbonyl (C=O) groups excluding carboxylic acids is 3. The van der Waals surface area contributed by atoms with E-state index in [2.05, 4.69) is 10.6 Å². The van der Waals surface area contributed by atoms with E-state index in [0.717, 1.165) is 44.9 Å². The lowest BCUT2D eigenvalue weighted by atomic mass is 10.0. The van der Waals surface area contributed by atoms with Gasteiger partial charge in [-0.05, 0) is 25.7 Å². The van der Waals surface area contributed by atoms with Gasteiger partial charge < -0.3 is 30.7 Å². The lowest BCUT2D eigenvalue weighted by Crippen LogP contribution is -2.42. The molecule has 11 nitrogen and oxygen atoms in total. The minimum atomic E-state index is -1.25. The number of rotatable bonds is 27. The highest BCUT2D eigenvalue weighted by Crippen LogP contribution is 2.14. The number of carboxylic acid groups (broad SMARTS) is 3. The van der Waals surface area contributed by atoms with E-state index < -0.39 is 35.9 Å². The molecular formula is C28H48N2O9. The Morgan fingerprint density at radius 2 is 0.923 bits per heavy atom. The fraction of sp³-hybridized carbons (Fsp3) is 0.786. The van der Waals surface area contributed by atoms with Crippen molar-refractivity contribution in [2.75, 3.05) is 0 Å². The molecule has 0 bridgehead atoms. The monoisotopic (exact) mass is 556 g/mol. The summed E-state index contributed by atoms with van der Waals surface area (Å²) < 4.78 is 0. The van der Waals surface area contributed by atoms with E-state index in [1.165, 1.54) is 38.5 Å². The molecule has 0 aliphatic rings. The highest BCUT2D eigenvalue weighted by molar-refractivity contribution is 5.85. The zero-order chi connectivity index (χ0) is 29.3. The van der Waals surface area contributed by atoms with Crippen LogP contribution in [0.5, 0.6) is 0 Å². The Morgan fingerprint density at radius 1 is 0.513 bits per heavy atom. The standard InChI is InChI=1S/C28H48N2O9/c31-21-22(17-20-27(36)37)29-25(33)19-18-23(28(38)39)30-24(32)15-13-11-9-7-5-3-1-2-4-6-8-10-12-14-16-26(34)35/h21-23H,1-20H2,(H,29,33)(H,30,32)(H,34,35)(H,36,37)(H,38,39). The van der Waals surface area contributed by atoms with Crippen LogP contribution in [0.15, 0.2) is 0 Å². The Kier molecular flexibility index (Phi) is 22.2. The number of aldehydes is 1. The van der Waals surface area contributed by atoms with Crippen LogP contribution in [0, 0.1) is 0 Å². The maximum atomic E-state index is 12.1. The molecule has 39 heavy (non-hydrogen) atoms. The van der Waals surface area contributed by atoms with Crippen LogP contribution in [0.2, 0.25) is 0 Å². The van der Waals surface area contributed by atoms with Crippen LogP contribution in [0.1, 0.15) is 128 Å². The number of hydrogen-bond donors (Lipinski definition) is 5. The first-order chi connectivity index (χ1) is 18.6. The van der Waals surface area contributed by atoms with Crippen LogP contribution in [-0.2, 0) is 28.8 Å². The molecule has 0 heterocycles. The van der Waals surface area contributed by atoms with E-state index in [1.807, 2.05) is 0 Å². The second-order valence-electron chi connectivity index (χ2n) is 10.1. The number of amides is 2. The highest BCUT2D eigenvalue weighted by Gasteiger charge is 2.22. The fourth-order valence-corrected chi connectivity index (χ4v) is 4.21. The molecule has 11 heteroatoms. The van der Waals surface area contributed by atoms with Crippen molar-refractivity contribution >= 4 is 36.0 Å². The van der Waals surface area contributed by atoms with E-state index in [-0.39, 0.29) is 44.4 Å². The molecule has 0 aromatic rings. The van der Waals surface area contributed by atoms with Crippen LogP contribution < -0.4 is 10.6 Å². The normalized spacial score (nSPS) is 12.3. The number of nitrogens with one attached hydrogen (secondary N) is 2. The summed E-state index contributed by atoms with van der Waals surface area (Å²) in [6, 6.07) is -2.17. The third-order valence-electron chi connectivity index (χ3n) is 6.52. The van der Waals surface area contributed by atoms with Gasteiger partial charge in [-0.3, -0.25) is 19.2 Å². The van der Waals surface area contributed by atoms with Crippen molar-refractivity contribution in [3.63, 3.8) is 0 Å². The summed E-state index contributed by atoms with van der Waals surface area (Å²) in [5.41, 5.74) is 0. The molecule has 0 aliphatic carbocycles. The van der Waals surface area contributed by atoms with Crippen molar-refractivity contribution < 1.29 is 44.1 Å². The summed E-state index contributed by atoms with van der Waals surface area (Å²) in [5.74, 6) is -4.01. The van der Waals surface area contributed by atoms with Crippen molar-refractivity contribution in [2.24, 2.45) is 0 Å². The Morgan fingerprint density at radius 3 is 1.33 bits per heavy atom. The van der Waals surface area contributed by atoms with Crippen LogP contribution in [0.4, 0.5) is 0 Å². The van der Waals surface area contributed by atoms with E-state index in [0.29, 0.717) is 12.7 Å². The molecule has 0 fully saturated rings. The summed E-state index contributed by atoms with van der Waals surface area (Å²) in [7, 11) is 0. The average Bonchev–Trinajstić information content (AvgIpc) is 2.88. The molecule has 0 aromatic heterocycles. The Labute approximate surface area is 231 Å². The number of hydrogen-bond acceptors (Lipinski definition) is 6. The molecule has 2 amide bonds. The first-order valence-corrected chi connectivity index (χ1v) is 14.4. The van der Waals surface area contributed by atoms with Crippen LogP contribution in [0.25, 0.3) is 0 Å². The zero-order valence-electron chi connectivity index (χ0n) is 23.2. The third kappa shape index (κ3) is 23.8.